The van der Waals surface area contributed by atoms with Crippen molar-refractivity contribution in [2.45, 2.75) is 12.8 Å². The van der Waals surface area contributed by atoms with Crippen LogP contribution in [0, 0.1) is 11.6 Å². The molecular formula is C21H16F2N4O2. The van der Waals surface area contributed by atoms with Crippen LogP contribution in [0.25, 0.3) is 17.0 Å². The SMILES string of the molecule is O=C(CCc1ncc(-c2ccc(F)cc2)o1)Nc1ccc(-n2ccnc2)c(F)c1. The molecule has 4 aromatic rings. The van der Waals surface area contributed by atoms with Gasteiger partial charge < -0.3 is 14.3 Å². The van der Waals surface area contributed by atoms with Gasteiger partial charge in [0.1, 0.15) is 11.6 Å². The molecule has 1 N–H and O–H groups in total. The minimum absolute atomic E-state index is 0.119. The van der Waals surface area contributed by atoms with Gasteiger partial charge in [-0.05, 0) is 42.5 Å². The predicted molar refractivity (Wildman–Crippen MR) is 102 cm³/mol. The molecule has 2 heterocycles. The summed E-state index contributed by atoms with van der Waals surface area (Å²) < 4.78 is 34.4. The maximum atomic E-state index is 14.3. The van der Waals surface area contributed by atoms with Gasteiger partial charge in [-0.25, -0.2) is 18.7 Å². The highest BCUT2D eigenvalue weighted by atomic mass is 19.1. The molecular weight excluding hydrogens is 378 g/mol. The average Bonchev–Trinajstić information content (AvgIpc) is 3.39. The van der Waals surface area contributed by atoms with Gasteiger partial charge in [0.2, 0.25) is 5.91 Å². The number of aromatic nitrogens is 3. The zero-order valence-corrected chi connectivity index (χ0v) is 15.2. The molecule has 6 nitrogen and oxygen atoms in total. The first-order valence-electron chi connectivity index (χ1n) is 8.87. The number of oxazole rings is 1. The quantitative estimate of drug-likeness (QED) is 0.527. The van der Waals surface area contributed by atoms with E-state index >= 15 is 0 Å². The number of hydrogen-bond donors (Lipinski definition) is 1. The first kappa shape index (κ1) is 18.5. The van der Waals surface area contributed by atoms with Gasteiger partial charge in [0, 0.05) is 36.5 Å². The van der Waals surface area contributed by atoms with Crippen LogP contribution >= 0.6 is 0 Å². The van der Waals surface area contributed by atoms with Crippen LogP contribution in [-0.4, -0.2) is 20.4 Å². The number of halogens is 2. The van der Waals surface area contributed by atoms with Crippen LogP contribution in [0.5, 0.6) is 0 Å². The summed E-state index contributed by atoms with van der Waals surface area (Å²) in [6, 6.07) is 10.3. The number of nitrogens with one attached hydrogen (secondary N) is 1. The molecule has 2 aromatic heterocycles. The number of carbonyl (C=O) groups excluding carboxylic acids is 1. The summed E-state index contributed by atoms with van der Waals surface area (Å²) in [6.07, 6.45) is 6.61. The van der Waals surface area contributed by atoms with Crippen LogP contribution in [0.15, 0.2) is 71.8 Å². The number of amides is 1. The maximum Gasteiger partial charge on any atom is 0.224 e. The number of benzene rings is 2. The van der Waals surface area contributed by atoms with E-state index < -0.39 is 5.82 Å². The summed E-state index contributed by atoms with van der Waals surface area (Å²) in [5.41, 5.74) is 1.40. The molecule has 0 radical (unpaired) electrons. The van der Waals surface area contributed by atoms with Crippen LogP contribution < -0.4 is 5.32 Å². The molecule has 0 aliphatic heterocycles. The summed E-state index contributed by atoms with van der Waals surface area (Å²) in [5.74, 6) is -0.211. The summed E-state index contributed by atoms with van der Waals surface area (Å²) in [6.45, 7) is 0. The van der Waals surface area contributed by atoms with Gasteiger partial charge in [0.15, 0.2) is 11.7 Å². The Morgan fingerprint density at radius 2 is 1.97 bits per heavy atom. The molecule has 8 heteroatoms. The number of nitrogens with zero attached hydrogens (tertiary/aromatic N) is 3. The molecule has 0 aliphatic rings. The number of hydrogen-bond acceptors (Lipinski definition) is 4. The standard InChI is InChI=1S/C21H16F2N4O2/c22-15-3-1-14(2-4-15)19-12-25-21(29-19)8-7-20(28)26-16-5-6-18(17(23)11-16)27-10-9-24-13-27/h1-6,9-13H,7-8H2,(H,26,28). The van der Waals surface area contributed by atoms with Crippen molar-refractivity contribution in [3.63, 3.8) is 0 Å². The zero-order chi connectivity index (χ0) is 20.2. The fourth-order valence-corrected chi connectivity index (χ4v) is 2.81. The van der Waals surface area contributed by atoms with Crippen LogP contribution in [0.2, 0.25) is 0 Å². The van der Waals surface area contributed by atoms with Crippen molar-refractivity contribution < 1.29 is 18.0 Å². The van der Waals surface area contributed by atoms with E-state index in [0.29, 0.717) is 28.6 Å². The Morgan fingerprint density at radius 1 is 1.14 bits per heavy atom. The normalized spacial score (nSPS) is 10.8. The number of carbonyl (C=O) groups is 1. The lowest BCUT2D eigenvalue weighted by Crippen LogP contribution is -2.12. The van der Waals surface area contributed by atoms with E-state index in [1.165, 1.54) is 30.7 Å². The van der Waals surface area contributed by atoms with Gasteiger partial charge >= 0.3 is 0 Å². The van der Waals surface area contributed by atoms with Crippen molar-refractivity contribution in [2.75, 3.05) is 5.32 Å². The van der Waals surface area contributed by atoms with Crippen molar-refractivity contribution in [1.29, 1.82) is 0 Å². The van der Waals surface area contributed by atoms with Crippen molar-refractivity contribution in [3.8, 4) is 17.0 Å². The number of aryl methyl sites for hydroxylation is 1. The predicted octanol–water partition coefficient (Wildman–Crippen LogP) is 4.38. The fraction of sp³-hybridized carbons (Fsp3) is 0.0952. The molecule has 0 unspecified atom stereocenters. The van der Waals surface area contributed by atoms with Crippen molar-refractivity contribution in [1.82, 2.24) is 14.5 Å². The molecule has 0 bridgehead atoms. The third-order valence-corrected chi connectivity index (χ3v) is 4.26. The first-order chi connectivity index (χ1) is 14.1. The van der Waals surface area contributed by atoms with Gasteiger partial charge in [-0.3, -0.25) is 4.79 Å². The van der Waals surface area contributed by atoms with Crippen LogP contribution in [0.3, 0.4) is 0 Å². The maximum absolute atomic E-state index is 14.3. The lowest BCUT2D eigenvalue weighted by Gasteiger charge is -2.08. The number of imidazole rings is 1. The highest BCUT2D eigenvalue weighted by Crippen LogP contribution is 2.22. The number of rotatable bonds is 6. The molecule has 0 aliphatic carbocycles. The van der Waals surface area contributed by atoms with Crippen LogP contribution in [0.1, 0.15) is 12.3 Å². The van der Waals surface area contributed by atoms with Gasteiger partial charge in [-0.1, -0.05) is 0 Å². The lowest BCUT2D eigenvalue weighted by atomic mass is 10.2. The average molecular weight is 394 g/mol. The summed E-state index contributed by atoms with van der Waals surface area (Å²) in [5, 5.41) is 2.66. The van der Waals surface area contributed by atoms with E-state index in [2.05, 4.69) is 15.3 Å². The summed E-state index contributed by atoms with van der Waals surface area (Å²) >= 11 is 0. The van der Waals surface area contributed by atoms with E-state index in [0.717, 1.165) is 0 Å². The van der Waals surface area contributed by atoms with Crippen molar-refractivity contribution in [3.05, 3.63) is 84.9 Å². The molecule has 0 saturated heterocycles. The van der Waals surface area contributed by atoms with Gasteiger partial charge in [-0.15, -0.1) is 0 Å². The summed E-state index contributed by atoms with van der Waals surface area (Å²) in [7, 11) is 0. The molecule has 0 saturated carbocycles. The second-order valence-electron chi connectivity index (χ2n) is 6.31. The second kappa shape index (κ2) is 8.05. The van der Waals surface area contributed by atoms with E-state index in [-0.39, 0.29) is 24.6 Å². The molecule has 29 heavy (non-hydrogen) atoms. The van der Waals surface area contributed by atoms with Gasteiger partial charge in [-0.2, -0.15) is 0 Å². The Hall–Kier alpha value is -3.81. The molecule has 0 spiro atoms. The topological polar surface area (TPSA) is 73.0 Å². The molecule has 1 amide bonds. The van der Waals surface area contributed by atoms with E-state index in [1.807, 2.05) is 0 Å². The summed E-state index contributed by atoms with van der Waals surface area (Å²) in [4.78, 5) is 20.2. The lowest BCUT2D eigenvalue weighted by molar-refractivity contribution is -0.116. The van der Waals surface area contributed by atoms with E-state index in [1.54, 1.807) is 41.2 Å². The van der Waals surface area contributed by atoms with Crippen molar-refractivity contribution >= 4 is 11.6 Å². The third kappa shape index (κ3) is 4.37. The largest absolute Gasteiger partial charge is 0.441 e. The smallest absolute Gasteiger partial charge is 0.224 e. The van der Waals surface area contributed by atoms with E-state index in [9.17, 15) is 13.6 Å². The van der Waals surface area contributed by atoms with Crippen LogP contribution in [0.4, 0.5) is 14.5 Å². The monoisotopic (exact) mass is 394 g/mol. The molecule has 4 rings (SSSR count). The Kier molecular flexibility index (Phi) is 5.15. The fourth-order valence-electron chi connectivity index (χ4n) is 2.81. The molecule has 2 aromatic carbocycles. The minimum Gasteiger partial charge on any atom is -0.441 e. The highest BCUT2D eigenvalue weighted by molar-refractivity contribution is 5.90. The first-order valence-corrected chi connectivity index (χ1v) is 8.87. The van der Waals surface area contributed by atoms with Gasteiger partial charge in [0.05, 0.1) is 18.2 Å². The van der Waals surface area contributed by atoms with Crippen LogP contribution in [-0.2, 0) is 11.2 Å². The zero-order valence-electron chi connectivity index (χ0n) is 15.2. The Morgan fingerprint density at radius 3 is 2.69 bits per heavy atom. The molecule has 146 valence electrons. The Bertz CT molecular complexity index is 1120. The minimum atomic E-state index is -0.475. The third-order valence-electron chi connectivity index (χ3n) is 4.26. The Labute approximate surface area is 164 Å². The molecule has 0 fully saturated rings. The highest BCUT2D eigenvalue weighted by Gasteiger charge is 2.11. The van der Waals surface area contributed by atoms with E-state index in [4.69, 9.17) is 4.42 Å². The van der Waals surface area contributed by atoms with Crippen molar-refractivity contribution in [2.24, 2.45) is 0 Å². The second-order valence-corrected chi connectivity index (χ2v) is 6.31. The number of anilines is 1. The Balaban J connectivity index is 1.35. The van der Waals surface area contributed by atoms with Gasteiger partial charge in [0.25, 0.3) is 0 Å². The molecule has 0 atom stereocenters.